The Morgan fingerprint density at radius 1 is 0.975 bits per heavy atom. The van der Waals surface area contributed by atoms with Crippen LogP contribution in [0.15, 0.2) is 66.7 Å². The van der Waals surface area contributed by atoms with E-state index in [1.807, 2.05) is 0 Å². The number of hydroxylamine groups is 1. The highest BCUT2D eigenvalue weighted by Crippen LogP contribution is 2.47. The van der Waals surface area contributed by atoms with Crippen LogP contribution in [0.5, 0.6) is 0 Å². The second kappa shape index (κ2) is 12.0. The number of halogens is 2. The second-order valence-electron chi connectivity index (χ2n) is 10.1. The van der Waals surface area contributed by atoms with E-state index in [2.05, 4.69) is 5.48 Å². The normalized spacial score (nSPS) is 22.5. The van der Waals surface area contributed by atoms with Crippen molar-refractivity contribution in [1.29, 1.82) is 0 Å². The standard InChI is InChI=1S/C30H28Cl2N2O6/c31-19-12-13-22(23(32)15-19)27-26(28(36)33-40-16-17-6-5-7-18(14-17)30(38)39)20-8-1-2-9-21(20)29(37)34(27)24-10-3-4-11-25(24)35/h1-2,5-9,12-15,24-27,35H,3-4,10-11,16H2,(H,33,36)(H,38,39)/t24-,25-,26+,27-/m0/s1. The molecule has 0 unspecified atom stereocenters. The van der Waals surface area contributed by atoms with E-state index in [1.165, 1.54) is 12.1 Å². The zero-order valence-electron chi connectivity index (χ0n) is 21.4. The monoisotopic (exact) mass is 582 g/mol. The van der Waals surface area contributed by atoms with Crippen LogP contribution >= 0.6 is 23.2 Å². The molecule has 0 spiro atoms. The summed E-state index contributed by atoms with van der Waals surface area (Å²) >= 11 is 12.9. The summed E-state index contributed by atoms with van der Waals surface area (Å²) in [5.41, 5.74) is 4.59. The van der Waals surface area contributed by atoms with Crippen LogP contribution in [0.4, 0.5) is 0 Å². The van der Waals surface area contributed by atoms with Crippen LogP contribution in [0.3, 0.4) is 0 Å². The van der Waals surface area contributed by atoms with Gasteiger partial charge in [0, 0.05) is 15.6 Å². The first-order valence-electron chi connectivity index (χ1n) is 13.0. The van der Waals surface area contributed by atoms with Gasteiger partial charge in [0.05, 0.1) is 36.3 Å². The molecule has 2 aliphatic rings. The van der Waals surface area contributed by atoms with Crippen LogP contribution in [0.1, 0.15) is 75.0 Å². The predicted molar refractivity (Wildman–Crippen MR) is 149 cm³/mol. The van der Waals surface area contributed by atoms with E-state index < -0.39 is 36.0 Å². The summed E-state index contributed by atoms with van der Waals surface area (Å²) in [5, 5.41) is 21.0. The summed E-state index contributed by atoms with van der Waals surface area (Å²) in [6.07, 6.45) is 2.07. The molecular weight excluding hydrogens is 555 g/mol. The Bertz CT molecular complexity index is 1450. The fourth-order valence-electron chi connectivity index (χ4n) is 5.74. The summed E-state index contributed by atoms with van der Waals surface area (Å²) in [5.74, 6) is -2.79. The minimum Gasteiger partial charge on any atom is -0.478 e. The maximum Gasteiger partial charge on any atom is 0.335 e. The molecule has 8 nitrogen and oxygen atoms in total. The number of benzene rings is 3. The van der Waals surface area contributed by atoms with Crippen molar-refractivity contribution in [2.75, 3.05) is 0 Å². The number of nitrogens with one attached hydrogen (secondary N) is 1. The molecule has 5 rings (SSSR count). The molecule has 1 saturated carbocycles. The first-order chi connectivity index (χ1) is 19.3. The Kier molecular flexibility index (Phi) is 8.42. The number of carboxylic acids is 1. The van der Waals surface area contributed by atoms with Gasteiger partial charge in [0.1, 0.15) is 0 Å². The topological polar surface area (TPSA) is 116 Å². The second-order valence-corrected chi connectivity index (χ2v) is 10.9. The van der Waals surface area contributed by atoms with Gasteiger partial charge in [0.2, 0.25) is 0 Å². The average molecular weight is 583 g/mol. The van der Waals surface area contributed by atoms with Crippen LogP contribution in [0.25, 0.3) is 0 Å². The Morgan fingerprint density at radius 2 is 1.75 bits per heavy atom. The van der Waals surface area contributed by atoms with Crippen molar-refractivity contribution in [3.8, 4) is 0 Å². The smallest absolute Gasteiger partial charge is 0.335 e. The molecule has 3 aromatic rings. The number of fused-ring (bicyclic) bond motifs is 1. The highest BCUT2D eigenvalue weighted by atomic mass is 35.5. The molecule has 0 bridgehead atoms. The SMILES string of the molecule is O=C(O)c1cccc(CONC(=O)[C@@H]2c3ccccc3C(=O)N([C@H]3CCCC[C@@H]3O)[C@H]2c2ccc(Cl)cc2Cl)c1. The van der Waals surface area contributed by atoms with Gasteiger partial charge in [-0.25, -0.2) is 10.3 Å². The van der Waals surface area contributed by atoms with Crippen LogP contribution < -0.4 is 5.48 Å². The zero-order chi connectivity index (χ0) is 28.4. The number of carboxylic acid groups (broad SMARTS) is 1. The zero-order valence-corrected chi connectivity index (χ0v) is 22.9. The van der Waals surface area contributed by atoms with Crippen molar-refractivity contribution in [3.05, 3.63) is 105 Å². The highest BCUT2D eigenvalue weighted by Gasteiger charge is 2.49. The molecule has 0 radical (unpaired) electrons. The fourth-order valence-corrected chi connectivity index (χ4v) is 6.26. The van der Waals surface area contributed by atoms with E-state index in [-0.39, 0.29) is 18.1 Å². The third kappa shape index (κ3) is 5.58. The largest absolute Gasteiger partial charge is 0.478 e. The van der Waals surface area contributed by atoms with Gasteiger partial charge in [0.25, 0.3) is 11.8 Å². The number of aromatic carboxylic acids is 1. The maximum atomic E-state index is 14.0. The highest BCUT2D eigenvalue weighted by molar-refractivity contribution is 6.35. The lowest BCUT2D eigenvalue weighted by atomic mass is 9.77. The number of aliphatic hydroxyl groups excluding tert-OH is 1. The molecule has 1 aliphatic carbocycles. The number of hydrogen-bond donors (Lipinski definition) is 3. The van der Waals surface area contributed by atoms with Crippen molar-refractivity contribution in [2.24, 2.45) is 0 Å². The third-order valence-electron chi connectivity index (χ3n) is 7.58. The molecule has 1 fully saturated rings. The number of aliphatic hydroxyl groups is 1. The van der Waals surface area contributed by atoms with Gasteiger partial charge < -0.3 is 15.1 Å². The minimum absolute atomic E-state index is 0.0718. The molecule has 4 atom stereocenters. The molecule has 2 amide bonds. The van der Waals surface area contributed by atoms with E-state index in [1.54, 1.807) is 59.5 Å². The fraction of sp³-hybridized carbons (Fsp3) is 0.300. The maximum absolute atomic E-state index is 14.0. The van der Waals surface area contributed by atoms with Crippen LogP contribution in [0.2, 0.25) is 10.0 Å². The summed E-state index contributed by atoms with van der Waals surface area (Å²) < 4.78 is 0. The number of carbonyl (C=O) groups is 3. The molecular formula is C30H28Cl2N2O6. The van der Waals surface area contributed by atoms with Gasteiger partial charge in [-0.3, -0.25) is 14.4 Å². The molecule has 40 heavy (non-hydrogen) atoms. The molecule has 3 N–H and O–H groups in total. The number of hydrogen-bond acceptors (Lipinski definition) is 5. The van der Waals surface area contributed by atoms with Crippen molar-refractivity contribution in [1.82, 2.24) is 10.4 Å². The average Bonchev–Trinajstić information content (AvgIpc) is 2.94. The molecule has 3 aromatic carbocycles. The predicted octanol–water partition coefficient (Wildman–Crippen LogP) is 5.52. The van der Waals surface area contributed by atoms with Crippen molar-refractivity contribution < 1.29 is 29.4 Å². The van der Waals surface area contributed by atoms with Crippen molar-refractivity contribution in [3.63, 3.8) is 0 Å². The number of nitrogens with zero attached hydrogens (tertiary/aromatic N) is 1. The van der Waals surface area contributed by atoms with Crippen LogP contribution in [-0.2, 0) is 16.2 Å². The molecule has 1 aliphatic heterocycles. The number of rotatable bonds is 7. The van der Waals surface area contributed by atoms with Crippen molar-refractivity contribution in [2.45, 2.75) is 56.4 Å². The van der Waals surface area contributed by atoms with Gasteiger partial charge in [-0.05, 0) is 59.9 Å². The van der Waals surface area contributed by atoms with E-state index in [9.17, 15) is 24.6 Å². The Morgan fingerprint density at radius 3 is 2.50 bits per heavy atom. The van der Waals surface area contributed by atoms with Crippen molar-refractivity contribution >= 4 is 41.0 Å². The third-order valence-corrected chi connectivity index (χ3v) is 8.14. The first-order valence-corrected chi connectivity index (χ1v) is 13.8. The Balaban J connectivity index is 1.53. The Labute approximate surface area is 241 Å². The van der Waals surface area contributed by atoms with Crippen LogP contribution in [-0.4, -0.2) is 45.0 Å². The van der Waals surface area contributed by atoms with Gasteiger partial charge in [0.15, 0.2) is 0 Å². The van der Waals surface area contributed by atoms with Gasteiger partial charge in [-0.15, -0.1) is 0 Å². The molecule has 208 valence electrons. The lowest BCUT2D eigenvalue weighted by Crippen LogP contribution is -2.55. The Hall–Kier alpha value is -3.43. The first kappa shape index (κ1) is 28.1. The van der Waals surface area contributed by atoms with E-state index in [0.29, 0.717) is 45.1 Å². The molecule has 1 heterocycles. The van der Waals surface area contributed by atoms with E-state index >= 15 is 0 Å². The van der Waals surface area contributed by atoms with E-state index in [4.69, 9.17) is 28.0 Å². The summed E-state index contributed by atoms with van der Waals surface area (Å²) in [6.45, 7) is -0.0718. The molecule has 0 aromatic heterocycles. The number of carbonyl (C=O) groups excluding carboxylic acids is 2. The molecule has 10 heteroatoms. The minimum atomic E-state index is -1.07. The summed E-state index contributed by atoms with van der Waals surface area (Å²) in [4.78, 5) is 46.4. The lowest BCUT2D eigenvalue weighted by Gasteiger charge is -2.48. The van der Waals surface area contributed by atoms with Gasteiger partial charge in [-0.1, -0.05) is 72.4 Å². The number of amides is 2. The summed E-state index contributed by atoms with van der Waals surface area (Å²) in [7, 11) is 0. The van der Waals surface area contributed by atoms with Crippen LogP contribution in [0, 0.1) is 0 Å². The molecule has 0 saturated heterocycles. The quantitative estimate of drug-likeness (QED) is 0.316. The van der Waals surface area contributed by atoms with Gasteiger partial charge in [-0.2, -0.15) is 0 Å². The van der Waals surface area contributed by atoms with Gasteiger partial charge >= 0.3 is 5.97 Å². The van der Waals surface area contributed by atoms with E-state index in [0.717, 1.165) is 12.8 Å². The lowest BCUT2D eigenvalue weighted by molar-refractivity contribution is -0.138. The summed E-state index contributed by atoms with van der Waals surface area (Å²) in [6, 6.07) is 16.7.